The van der Waals surface area contributed by atoms with Crippen molar-refractivity contribution in [3.8, 4) is 0 Å². The van der Waals surface area contributed by atoms with Gasteiger partial charge in [-0.1, -0.05) is 45.9 Å². The number of hydrogen-bond acceptors (Lipinski definition) is 3. The molecule has 0 bridgehead atoms. The van der Waals surface area contributed by atoms with Gasteiger partial charge in [0.1, 0.15) is 5.69 Å². The van der Waals surface area contributed by atoms with E-state index in [2.05, 4.69) is 36.4 Å². The molecule has 0 saturated heterocycles. The van der Waals surface area contributed by atoms with Gasteiger partial charge in [-0.15, -0.1) is 0 Å². The van der Waals surface area contributed by atoms with Crippen LogP contribution in [0.5, 0.6) is 0 Å². The first-order valence-electron chi connectivity index (χ1n) is 8.90. The molecule has 1 aromatic carbocycles. The molecule has 5 nitrogen and oxygen atoms in total. The molecule has 0 saturated carbocycles. The van der Waals surface area contributed by atoms with Crippen molar-refractivity contribution in [3.05, 3.63) is 59.4 Å². The molecule has 2 amide bonds. The van der Waals surface area contributed by atoms with E-state index >= 15 is 0 Å². The fourth-order valence-corrected chi connectivity index (χ4v) is 2.54. The fraction of sp³-hybridized carbons (Fsp3) is 0.381. The van der Waals surface area contributed by atoms with Gasteiger partial charge in [0.2, 0.25) is 0 Å². The van der Waals surface area contributed by atoms with Crippen molar-refractivity contribution in [2.24, 2.45) is 0 Å². The minimum Gasteiger partial charge on any atom is -0.348 e. The number of rotatable bonds is 5. The number of para-hydroxylation sites is 1. The van der Waals surface area contributed by atoms with Crippen molar-refractivity contribution in [3.63, 3.8) is 0 Å². The molecular weight excluding hydrogens is 326 g/mol. The number of hydrogen-bond donors (Lipinski definition) is 2. The Labute approximate surface area is 155 Å². The second kappa shape index (κ2) is 8.13. The molecule has 138 valence electrons. The van der Waals surface area contributed by atoms with Crippen LogP contribution in [0.25, 0.3) is 0 Å². The zero-order valence-electron chi connectivity index (χ0n) is 16.1. The van der Waals surface area contributed by atoms with Crippen molar-refractivity contribution < 1.29 is 9.59 Å². The summed E-state index contributed by atoms with van der Waals surface area (Å²) >= 11 is 0. The van der Waals surface area contributed by atoms with Crippen molar-refractivity contribution in [2.75, 3.05) is 5.32 Å². The van der Waals surface area contributed by atoms with E-state index in [1.54, 1.807) is 6.07 Å². The Kier molecular flexibility index (Phi) is 6.14. The minimum absolute atomic E-state index is 0.0560. The SMILES string of the molecule is CCC(C)NC(=O)c1cc(C(=O)Nc2ccccc2C(C)(C)C)ccn1. The lowest BCUT2D eigenvalue weighted by atomic mass is 9.86. The van der Waals surface area contributed by atoms with Crippen LogP contribution in [0.1, 0.15) is 67.4 Å². The molecule has 0 fully saturated rings. The molecule has 2 aromatic rings. The number of pyridine rings is 1. The predicted molar refractivity (Wildman–Crippen MR) is 105 cm³/mol. The molecule has 1 atom stereocenters. The molecule has 2 rings (SSSR count). The quantitative estimate of drug-likeness (QED) is 0.848. The molecule has 0 aliphatic heterocycles. The highest BCUT2D eigenvalue weighted by Crippen LogP contribution is 2.29. The number of carbonyl (C=O) groups is 2. The van der Waals surface area contributed by atoms with Gasteiger partial charge >= 0.3 is 0 Å². The molecule has 5 heteroatoms. The second-order valence-electron chi connectivity index (χ2n) is 7.46. The lowest BCUT2D eigenvalue weighted by molar-refractivity contribution is 0.0934. The first kappa shape index (κ1) is 19.6. The van der Waals surface area contributed by atoms with E-state index in [1.807, 2.05) is 38.1 Å². The smallest absolute Gasteiger partial charge is 0.270 e. The van der Waals surface area contributed by atoms with Crippen molar-refractivity contribution in [2.45, 2.75) is 52.5 Å². The highest BCUT2D eigenvalue weighted by atomic mass is 16.2. The number of aromatic nitrogens is 1. The lowest BCUT2D eigenvalue weighted by Gasteiger charge is -2.23. The number of anilines is 1. The van der Waals surface area contributed by atoms with E-state index in [-0.39, 0.29) is 29.0 Å². The lowest BCUT2D eigenvalue weighted by Crippen LogP contribution is -2.32. The minimum atomic E-state index is -0.274. The Morgan fingerprint density at radius 3 is 2.46 bits per heavy atom. The maximum Gasteiger partial charge on any atom is 0.270 e. The number of amides is 2. The molecule has 0 spiro atoms. The maximum absolute atomic E-state index is 12.7. The van der Waals surface area contributed by atoms with Crippen LogP contribution >= 0.6 is 0 Å². The molecule has 0 radical (unpaired) electrons. The van der Waals surface area contributed by atoms with Crippen LogP contribution in [-0.4, -0.2) is 22.8 Å². The summed E-state index contributed by atoms with van der Waals surface area (Å²) in [7, 11) is 0. The fourth-order valence-electron chi connectivity index (χ4n) is 2.54. The highest BCUT2D eigenvalue weighted by molar-refractivity contribution is 6.06. The van der Waals surface area contributed by atoms with Crippen LogP contribution < -0.4 is 10.6 Å². The summed E-state index contributed by atoms with van der Waals surface area (Å²) in [6.45, 7) is 10.2. The van der Waals surface area contributed by atoms with Crippen molar-refractivity contribution >= 4 is 17.5 Å². The number of benzene rings is 1. The van der Waals surface area contributed by atoms with Gasteiger partial charge in [-0.25, -0.2) is 0 Å². The maximum atomic E-state index is 12.7. The molecule has 0 aliphatic carbocycles. The number of carbonyl (C=O) groups excluding carboxylic acids is 2. The van der Waals surface area contributed by atoms with Crippen molar-refractivity contribution in [1.29, 1.82) is 0 Å². The van der Waals surface area contributed by atoms with E-state index in [0.29, 0.717) is 5.56 Å². The van der Waals surface area contributed by atoms with Crippen LogP contribution in [0.2, 0.25) is 0 Å². The first-order valence-corrected chi connectivity index (χ1v) is 8.90. The number of nitrogens with one attached hydrogen (secondary N) is 2. The third-order valence-corrected chi connectivity index (χ3v) is 4.23. The summed E-state index contributed by atoms with van der Waals surface area (Å²) in [5, 5.41) is 5.81. The molecule has 2 N–H and O–H groups in total. The van der Waals surface area contributed by atoms with E-state index < -0.39 is 0 Å². The van der Waals surface area contributed by atoms with Gasteiger partial charge in [-0.05, 0) is 42.5 Å². The monoisotopic (exact) mass is 353 g/mol. The summed E-state index contributed by atoms with van der Waals surface area (Å²) in [6.07, 6.45) is 2.31. The Hall–Kier alpha value is -2.69. The van der Waals surface area contributed by atoms with Crippen LogP contribution in [0.3, 0.4) is 0 Å². The van der Waals surface area contributed by atoms with E-state index in [9.17, 15) is 9.59 Å². The van der Waals surface area contributed by atoms with Crippen LogP contribution in [0, 0.1) is 0 Å². The third kappa shape index (κ3) is 4.91. The van der Waals surface area contributed by atoms with E-state index in [4.69, 9.17) is 0 Å². The zero-order chi connectivity index (χ0) is 19.3. The molecule has 1 unspecified atom stereocenters. The van der Waals surface area contributed by atoms with Gasteiger partial charge in [0.25, 0.3) is 11.8 Å². The van der Waals surface area contributed by atoms with E-state index in [1.165, 1.54) is 12.3 Å². The average molecular weight is 353 g/mol. The predicted octanol–water partition coefficient (Wildman–Crippen LogP) is 4.16. The summed E-state index contributed by atoms with van der Waals surface area (Å²) in [4.78, 5) is 29.0. The van der Waals surface area contributed by atoms with Gasteiger partial charge < -0.3 is 10.6 Å². The summed E-state index contributed by atoms with van der Waals surface area (Å²) in [5.41, 5.74) is 2.37. The molecule has 26 heavy (non-hydrogen) atoms. The second-order valence-corrected chi connectivity index (χ2v) is 7.46. The van der Waals surface area contributed by atoms with Crippen LogP contribution in [0.4, 0.5) is 5.69 Å². The number of nitrogens with zero attached hydrogens (tertiary/aromatic N) is 1. The molecular formula is C21H27N3O2. The third-order valence-electron chi connectivity index (χ3n) is 4.23. The van der Waals surface area contributed by atoms with Gasteiger partial charge in [0.15, 0.2) is 0 Å². The standard InChI is InChI=1S/C21H27N3O2/c1-6-14(2)23-20(26)18-13-15(11-12-22-18)19(25)24-17-10-8-7-9-16(17)21(3,4)5/h7-14H,6H2,1-5H3,(H,23,26)(H,24,25). The normalized spacial score (nSPS) is 12.3. The molecule has 0 aliphatic rings. The Morgan fingerprint density at radius 2 is 1.81 bits per heavy atom. The van der Waals surface area contributed by atoms with E-state index in [0.717, 1.165) is 17.7 Å². The van der Waals surface area contributed by atoms with Gasteiger partial charge in [0, 0.05) is 23.5 Å². The first-order chi connectivity index (χ1) is 12.2. The largest absolute Gasteiger partial charge is 0.348 e. The molecule has 1 aromatic heterocycles. The molecule has 1 heterocycles. The van der Waals surface area contributed by atoms with Crippen LogP contribution in [-0.2, 0) is 5.41 Å². The Balaban J connectivity index is 2.22. The van der Waals surface area contributed by atoms with Gasteiger partial charge in [0.05, 0.1) is 0 Å². The topological polar surface area (TPSA) is 71.1 Å². The van der Waals surface area contributed by atoms with Gasteiger partial charge in [-0.3, -0.25) is 14.6 Å². The summed E-state index contributed by atoms with van der Waals surface area (Å²) in [6, 6.07) is 10.9. The Morgan fingerprint density at radius 1 is 1.12 bits per heavy atom. The highest BCUT2D eigenvalue weighted by Gasteiger charge is 2.19. The van der Waals surface area contributed by atoms with Gasteiger partial charge in [-0.2, -0.15) is 0 Å². The Bertz CT molecular complexity index is 794. The van der Waals surface area contributed by atoms with Crippen molar-refractivity contribution in [1.82, 2.24) is 10.3 Å². The summed E-state index contributed by atoms with van der Waals surface area (Å²) < 4.78 is 0. The zero-order valence-corrected chi connectivity index (χ0v) is 16.1. The van der Waals surface area contributed by atoms with Crippen LogP contribution in [0.15, 0.2) is 42.6 Å². The summed E-state index contributed by atoms with van der Waals surface area (Å²) in [5.74, 6) is -0.536. The average Bonchev–Trinajstić information content (AvgIpc) is 2.61.